The number of aromatic nitrogens is 1. The Balaban J connectivity index is 1.97. The zero-order valence-corrected chi connectivity index (χ0v) is 12.5. The maximum Gasteiger partial charge on any atom is 0.0749 e. The minimum atomic E-state index is -0.0627. The Hall–Kier alpha value is -1.71. The van der Waals surface area contributed by atoms with Gasteiger partial charge in [0.15, 0.2) is 0 Å². The zero-order chi connectivity index (χ0) is 13.9. The summed E-state index contributed by atoms with van der Waals surface area (Å²) in [6, 6.07) is 18.3. The van der Waals surface area contributed by atoms with Crippen LogP contribution in [0.1, 0.15) is 17.2 Å². The third kappa shape index (κ3) is 2.60. The maximum atomic E-state index is 6.40. The summed E-state index contributed by atoms with van der Waals surface area (Å²) in [5.74, 6) is 0. The van der Waals surface area contributed by atoms with Crippen molar-refractivity contribution in [2.24, 2.45) is 5.73 Å². The van der Waals surface area contributed by atoms with Gasteiger partial charge in [0.05, 0.1) is 5.52 Å². The van der Waals surface area contributed by atoms with Gasteiger partial charge >= 0.3 is 0 Å². The van der Waals surface area contributed by atoms with Crippen molar-refractivity contribution in [3.8, 4) is 0 Å². The molecule has 20 heavy (non-hydrogen) atoms. The predicted molar refractivity (Wildman–Crippen MR) is 86.5 cm³/mol. The average Bonchev–Trinajstić information content (AvgIpc) is 2.49. The highest BCUT2D eigenvalue weighted by atomic mass is 79.9. The van der Waals surface area contributed by atoms with E-state index in [0.717, 1.165) is 27.4 Å². The number of fused-ring (bicyclic) bond motifs is 1. The quantitative estimate of drug-likeness (QED) is 0.781. The highest BCUT2D eigenvalue weighted by Crippen LogP contribution is 2.26. The Morgan fingerprint density at radius 2 is 1.80 bits per heavy atom. The number of benzene rings is 2. The highest BCUT2D eigenvalue weighted by molar-refractivity contribution is 9.10. The van der Waals surface area contributed by atoms with E-state index in [1.54, 1.807) is 0 Å². The van der Waals surface area contributed by atoms with Crippen LogP contribution >= 0.6 is 15.9 Å². The smallest absolute Gasteiger partial charge is 0.0749 e. The van der Waals surface area contributed by atoms with Crippen LogP contribution in [0.2, 0.25) is 0 Å². The van der Waals surface area contributed by atoms with Crippen LogP contribution in [0.5, 0.6) is 0 Å². The molecule has 3 rings (SSSR count). The van der Waals surface area contributed by atoms with Gasteiger partial charge in [-0.25, -0.2) is 0 Å². The molecule has 0 saturated heterocycles. The normalized spacial score (nSPS) is 12.5. The second-order valence-corrected chi connectivity index (χ2v) is 5.68. The summed E-state index contributed by atoms with van der Waals surface area (Å²) in [6.45, 7) is 0. The van der Waals surface area contributed by atoms with E-state index in [1.807, 2.05) is 36.5 Å². The summed E-state index contributed by atoms with van der Waals surface area (Å²) in [7, 11) is 0. The van der Waals surface area contributed by atoms with Crippen LogP contribution in [0.15, 0.2) is 65.3 Å². The number of rotatable bonds is 3. The molecule has 2 nitrogen and oxygen atoms in total. The molecule has 0 radical (unpaired) electrons. The maximum absolute atomic E-state index is 6.40. The molecule has 1 unspecified atom stereocenters. The lowest BCUT2D eigenvalue weighted by molar-refractivity contribution is 0.724. The summed E-state index contributed by atoms with van der Waals surface area (Å²) >= 11 is 3.58. The molecule has 3 heteroatoms. The lowest BCUT2D eigenvalue weighted by atomic mass is 9.97. The molecule has 100 valence electrons. The van der Waals surface area contributed by atoms with E-state index < -0.39 is 0 Å². The molecule has 0 aliphatic rings. The van der Waals surface area contributed by atoms with E-state index in [4.69, 9.17) is 5.73 Å². The second kappa shape index (κ2) is 5.73. The van der Waals surface area contributed by atoms with Crippen LogP contribution in [0.3, 0.4) is 0 Å². The molecular formula is C17H15BrN2. The molecule has 0 aliphatic carbocycles. The van der Waals surface area contributed by atoms with E-state index in [9.17, 15) is 0 Å². The first-order valence-corrected chi connectivity index (χ1v) is 7.37. The lowest BCUT2D eigenvalue weighted by Crippen LogP contribution is -2.14. The fourth-order valence-corrected chi connectivity index (χ4v) is 2.88. The second-order valence-electron chi connectivity index (χ2n) is 4.82. The fourth-order valence-electron chi connectivity index (χ4n) is 2.44. The Morgan fingerprint density at radius 1 is 1.00 bits per heavy atom. The van der Waals surface area contributed by atoms with Crippen molar-refractivity contribution >= 4 is 26.8 Å². The van der Waals surface area contributed by atoms with Crippen LogP contribution in [0.4, 0.5) is 0 Å². The number of nitrogens with zero attached hydrogens (tertiary/aromatic N) is 1. The number of pyridine rings is 1. The number of nitrogens with two attached hydrogens (primary N) is 1. The first-order valence-electron chi connectivity index (χ1n) is 6.58. The van der Waals surface area contributed by atoms with Crippen LogP contribution in [0, 0.1) is 0 Å². The van der Waals surface area contributed by atoms with Crippen molar-refractivity contribution in [1.29, 1.82) is 0 Å². The van der Waals surface area contributed by atoms with Gasteiger partial charge in [0.25, 0.3) is 0 Å². The molecule has 1 aromatic heterocycles. The molecule has 1 heterocycles. The first-order chi connectivity index (χ1) is 9.75. The highest BCUT2D eigenvalue weighted by Gasteiger charge is 2.12. The summed E-state index contributed by atoms with van der Waals surface area (Å²) in [4.78, 5) is 4.47. The van der Waals surface area contributed by atoms with Gasteiger partial charge in [0, 0.05) is 22.1 Å². The first kappa shape index (κ1) is 13.3. The largest absolute Gasteiger partial charge is 0.324 e. The van der Waals surface area contributed by atoms with Crippen molar-refractivity contribution in [1.82, 2.24) is 4.98 Å². The molecule has 0 amide bonds. The van der Waals surface area contributed by atoms with Crippen LogP contribution in [-0.2, 0) is 6.42 Å². The number of hydrogen-bond donors (Lipinski definition) is 1. The SMILES string of the molecule is NC(Cc1ccccc1Br)c1cccc2cccnc12. The summed E-state index contributed by atoms with van der Waals surface area (Å²) in [5.41, 5.74) is 9.71. The monoisotopic (exact) mass is 326 g/mol. The van der Waals surface area contributed by atoms with Crippen molar-refractivity contribution in [3.63, 3.8) is 0 Å². The van der Waals surface area contributed by atoms with Crippen LogP contribution in [-0.4, -0.2) is 4.98 Å². The Kier molecular flexibility index (Phi) is 3.81. The standard InChI is InChI=1S/C17H15BrN2/c18-15-9-2-1-5-13(15)11-16(19)14-8-3-6-12-7-4-10-20-17(12)14/h1-10,16H,11,19H2. The molecule has 2 aromatic carbocycles. The van der Waals surface area contributed by atoms with E-state index in [1.165, 1.54) is 5.56 Å². The van der Waals surface area contributed by atoms with Gasteiger partial charge in [0.2, 0.25) is 0 Å². The topological polar surface area (TPSA) is 38.9 Å². The van der Waals surface area contributed by atoms with E-state index in [0.29, 0.717) is 0 Å². The fraction of sp³-hybridized carbons (Fsp3) is 0.118. The third-order valence-electron chi connectivity index (χ3n) is 3.46. The Labute approximate surface area is 126 Å². The molecule has 0 saturated carbocycles. The average molecular weight is 327 g/mol. The van der Waals surface area contributed by atoms with Gasteiger partial charge in [0.1, 0.15) is 0 Å². The molecule has 0 fully saturated rings. The molecule has 0 spiro atoms. The van der Waals surface area contributed by atoms with Gasteiger partial charge in [-0.1, -0.05) is 58.4 Å². The minimum absolute atomic E-state index is 0.0627. The molecule has 3 aromatic rings. The molecule has 2 N–H and O–H groups in total. The summed E-state index contributed by atoms with van der Waals surface area (Å²) < 4.78 is 1.10. The van der Waals surface area contributed by atoms with Gasteiger partial charge in [-0.2, -0.15) is 0 Å². The van der Waals surface area contributed by atoms with Crippen LogP contribution < -0.4 is 5.73 Å². The molecule has 1 atom stereocenters. The summed E-state index contributed by atoms with van der Waals surface area (Å²) in [5, 5.41) is 1.13. The minimum Gasteiger partial charge on any atom is -0.324 e. The van der Waals surface area contributed by atoms with Crippen LogP contribution in [0.25, 0.3) is 10.9 Å². The van der Waals surface area contributed by atoms with Crippen molar-refractivity contribution < 1.29 is 0 Å². The van der Waals surface area contributed by atoms with Gasteiger partial charge in [-0.15, -0.1) is 0 Å². The van der Waals surface area contributed by atoms with Gasteiger partial charge in [-0.05, 0) is 29.7 Å². The lowest BCUT2D eigenvalue weighted by Gasteiger charge is -2.15. The number of hydrogen-bond acceptors (Lipinski definition) is 2. The number of halogens is 1. The predicted octanol–water partition coefficient (Wildman–Crippen LogP) is 4.24. The molecule has 0 bridgehead atoms. The molecule has 0 aliphatic heterocycles. The Bertz CT molecular complexity index is 734. The van der Waals surface area contributed by atoms with E-state index in [-0.39, 0.29) is 6.04 Å². The summed E-state index contributed by atoms with van der Waals surface area (Å²) in [6.07, 6.45) is 2.61. The van der Waals surface area contributed by atoms with Crippen molar-refractivity contribution in [3.05, 3.63) is 76.4 Å². The van der Waals surface area contributed by atoms with E-state index in [2.05, 4.69) is 45.2 Å². The Morgan fingerprint density at radius 3 is 2.65 bits per heavy atom. The van der Waals surface area contributed by atoms with Crippen molar-refractivity contribution in [2.45, 2.75) is 12.5 Å². The zero-order valence-electron chi connectivity index (χ0n) is 11.0. The van der Waals surface area contributed by atoms with E-state index >= 15 is 0 Å². The van der Waals surface area contributed by atoms with Gasteiger partial charge in [-0.3, -0.25) is 4.98 Å². The van der Waals surface area contributed by atoms with Gasteiger partial charge < -0.3 is 5.73 Å². The number of para-hydroxylation sites is 1. The molecular weight excluding hydrogens is 312 g/mol. The third-order valence-corrected chi connectivity index (χ3v) is 4.23. The van der Waals surface area contributed by atoms with Crippen molar-refractivity contribution in [2.75, 3.05) is 0 Å².